The number of carbonyl (C=O) groups is 3. The van der Waals surface area contributed by atoms with Crippen LogP contribution in [-0.2, 0) is 19.1 Å². The van der Waals surface area contributed by atoms with Crippen LogP contribution in [-0.4, -0.2) is 82.2 Å². The average Bonchev–Trinajstić information content (AvgIpc) is 3.49. The predicted octanol–water partition coefficient (Wildman–Crippen LogP) is -0.492. The smallest absolute Gasteiger partial charge is 0.336 e. The van der Waals surface area contributed by atoms with Crippen molar-refractivity contribution in [3.05, 3.63) is 18.5 Å². The van der Waals surface area contributed by atoms with Crippen LogP contribution in [0.15, 0.2) is 18.5 Å². The molecule has 0 aliphatic carbocycles. The van der Waals surface area contributed by atoms with E-state index in [-0.39, 0.29) is 11.8 Å². The van der Waals surface area contributed by atoms with Gasteiger partial charge in [-0.2, -0.15) is 0 Å². The van der Waals surface area contributed by atoms with Gasteiger partial charge < -0.3 is 25.0 Å². The fraction of sp³-hybridized carbons (Fsp3) is 0.611. The zero-order chi connectivity index (χ0) is 20.3. The summed E-state index contributed by atoms with van der Waals surface area (Å²) >= 11 is 0. The highest BCUT2D eigenvalue weighted by atomic mass is 16.6. The van der Waals surface area contributed by atoms with E-state index >= 15 is 0 Å². The van der Waals surface area contributed by atoms with Crippen molar-refractivity contribution in [1.29, 1.82) is 0 Å². The molecule has 0 bridgehead atoms. The fourth-order valence-electron chi connectivity index (χ4n) is 3.25. The number of nitrogens with zero attached hydrogens (tertiary/aromatic N) is 4. The molecule has 3 heterocycles. The van der Waals surface area contributed by atoms with Crippen molar-refractivity contribution in [2.45, 2.75) is 38.5 Å². The number of aromatic nitrogens is 2. The van der Waals surface area contributed by atoms with Crippen LogP contribution < -0.4 is 10.2 Å². The number of carboxylic acid groups (broad SMARTS) is 1. The van der Waals surface area contributed by atoms with E-state index in [9.17, 15) is 14.4 Å². The Balaban J connectivity index is 1.57. The van der Waals surface area contributed by atoms with Gasteiger partial charge in [-0.3, -0.25) is 9.59 Å². The summed E-state index contributed by atoms with van der Waals surface area (Å²) in [5.41, 5.74) is 0. The Morgan fingerprint density at radius 1 is 1.18 bits per heavy atom. The number of carbonyl (C=O) groups excluding carboxylic acids is 2. The molecule has 0 spiro atoms. The molecule has 0 aromatic carbocycles. The molecule has 1 aromatic heterocycles. The Morgan fingerprint density at radius 2 is 1.82 bits per heavy atom. The van der Waals surface area contributed by atoms with Gasteiger partial charge in [0, 0.05) is 38.6 Å². The number of hydrogen-bond acceptors (Lipinski definition) is 7. The second kappa shape index (κ2) is 8.51. The van der Waals surface area contributed by atoms with Gasteiger partial charge in [0.15, 0.2) is 12.2 Å². The number of hydrogen-bond donors (Lipinski definition) is 2. The predicted molar refractivity (Wildman–Crippen MR) is 98.5 cm³/mol. The molecule has 2 fully saturated rings. The van der Waals surface area contributed by atoms with Crippen molar-refractivity contribution in [3.8, 4) is 0 Å². The van der Waals surface area contributed by atoms with Gasteiger partial charge in [0.25, 0.3) is 5.91 Å². The number of piperazine rings is 1. The lowest BCUT2D eigenvalue weighted by Crippen LogP contribution is -2.56. The number of carboxylic acids is 1. The van der Waals surface area contributed by atoms with Gasteiger partial charge in [0.2, 0.25) is 11.9 Å². The zero-order valence-electron chi connectivity index (χ0n) is 15.9. The summed E-state index contributed by atoms with van der Waals surface area (Å²) in [6.07, 6.45) is 1.68. The van der Waals surface area contributed by atoms with Crippen molar-refractivity contribution in [1.82, 2.24) is 20.2 Å². The molecular formula is C18H25N5O5. The van der Waals surface area contributed by atoms with Crippen LogP contribution in [0.4, 0.5) is 5.95 Å². The lowest BCUT2D eigenvalue weighted by molar-refractivity contribution is -0.138. The highest BCUT2D eigenvalue weighted by Gasteiger charge is 2.51. The summed E-state index contributed by atoms with van der Waals surface area (Å²) in [5.74, 6) is -1.08. The monoisotopic (exact) mass is 391 g/mol. The van der Waals surface area contributed by atoms with Crippen molar-refractivity contribution >= 4 is 23.7 Å². The third kappa shape index (κ3) is 4.75. The minimum absolute atomic E-state index is 0.164. The molecule has 152 valence electrons. The number of anilines is 1. The third-order valence-corrected chi connectivity index (χ3v) is 4.74. The van der Waals surface area contributed by atoms with E-state index < -0.39 is 30.1 Å². The van der Waals surface area contributed by atoms with E-state index in [0.717, 1.165) is 0 Å². The molecule has 3 rings (SSSR count). The van der Waals surface area contributed by atoms with E-state index in [4.69, 9.17) is 9.84 Å². The maximum atomic E-state index is 13.0. The maximum absolute atomic E-state index is 13.0. The number of amides is 2. The first kappa shape index (κ1) is 20.0. The molecule has 10 nitrogen and oxygen atoms in total. The van der Waals surface area contributed by atoms with E-state index in [1.54, 1.807) is 23.4 Å². The van der Waals surface area contributed by atoms with Gasteiger partial charge in [-0.15, -0.1) is 0 Å². The van der Waals surface area contributed by atoms with E-state index in [1.807, 2.05) is 18.7 Å². The Labute approximate surface area is 162 Å². The highest BCUT2D eigenvalue weighted by Crippen LogP contribution is 2.23. The molecule has 2 amide bonds. The normalized spacial score (nSPS) is 22.7. The number of nitrogens with one attached hydrogen (secondary N) is 1. The Hall–Kier alpha value is -2.75. The molecule has 10 heteroatoms. The molecule has 28 heavy (non-hydrogen) atoms. The molecule has 1 aromatic rings. The largest absolute Gasteiger partial charge is 0.479 e. The van der Waals surface area contributed by atoms with Crippen LogP contribution in [0.25, 0.3) is 0 Å². The molecule has 3 atom stereocenters. The Morgan fingerprint density at radius 3 is 2.36 bits per heavy atom. The maximum Gasteiger partial charge on any atom is 0.336 e. The minimum Gasteiger partial charge on any atom is -0.479 e. The van der Waals surface area contributed by atoms with Crippen LogP contribution >= 0.6 is 0 Å². The number of epoxide rings is 1. The lowest BCUT2D eigenvalue weighted by atomic mass is 10.0. The second-order valence-corrected chi connectivity index (χ2v) is 7.37. The summed E-state index contributed by atoms with van der Waals surface area (Å²) in [5, 5.41) is 11.6. The van der Waals surface area contributed by atoms with Crippen molar-refractivity contribution < 1.29 is 24.2 Å². The van der Waals surface area contributed by atoms with Crippen molar-refractivity contribution in [3.63, 3.8) is 0 Å². The summed E-state index contributed by atoms with van der Waals surface area (Å²) in [4.78, 5) is 48.3. The Bertz CT molecular complexity index is 720. The second-order valence-electron chi connectivity index (χ2n) is 7.37. The quantitative estimate of drug-likeness (QED) is 0.596. The number of aliphatic carboxylic acids is 1. The molecule has 2 saturated heterocycles. The van der Waals surface area contributed by atoms with E-state index in [2.05, 4.69) is 15.3 Å². The van der Waals surface area contributed by atoms with Gasteiger partial charge in [-0.25, -0.2) is 14.8 Å². The van der Waals surface area contributed by atoms with Crippen LogP contribution in [0.1, 0.15) is 20.3 Å². The molecule has 0 unspecified atom stereocenters. The van der Waals surface area contributed by atoms with Crippen LogP contribution in [0.3, 0.4) is 0 Å². The van der Waals surface area contributed by atoms with Gasteiger partial charge in [-0.1, -0.05) is 13.8 Å². The first-order chi connectivity index (χ1) is 13.4. The standard InChI is InChI=1S/C18H25N5O5/c1-11(2)10-12(21-15(24)13-14(28-13)17(26)27)16(25)22-6-8-23(9-7-22)18-19-4-3-5-20-18/h3-5,11-14H,6-10H2,1-2H3,(H,21,24)(H,26,27)/t12-,13+,14+/m0/s1. The minimum atomic E-state index is -1.17. The molecule has 0 radical (unpaired) electrons. The molecule has 2 aliphatic rings. The average molecular weight is 391 g/mol. The third-order valence-electron chi connectivity index (χ3n) is 4.74. The van der Waals surface area contributed by atoms with Crippen molar-refractivity contribution in [2.24, 2.45) is 5.92 Å². The summed E-state index contributed by atoms with van der Waals surface area (Å²) in [6, 6.07) is 1.05. The molecule has 2 aliphatic heterocycles. The molecule has 2 N–H and O–H groups in total. The van der Waals surface area contributed by atoms with Crippen LogP contribution in [0.5, 0.6) is 0 Å². The van der Waals surface area contributed by atoms with Crippen LogP contribution in [0.2, 0.25) is 0 Å². The molecular weight excluding hydrogens is 366 g/mol. The van der Waals surface area contributed by atoms with E-state index in [1.165, 1.54) is 0 Å². The Kier molecular flexibility index (Phi) is 6.08. The van der Waals surface area contributed by atoms with Crippen LogP contribution in [0, 0.1) is 5.92 Å². The van der Waals surface area contributed by atoms with Gasteiger partial charge in [0.1, 0.15) is 6.04 Å². The summed E-state index contributed by atoms with van der Waals surface area (Å²) in [7, 11) is 0. The van der Waals surface area contributed by atoms with Gasteiger partial charge in [-0.05, 0) is 18.4 Å². The zero-order valence-corrected chi connectivity index (χ0v) is 15.9. The first-order valence-corrected chi connectivity index (χ1v) is 9.36. The summed E-state index contributed by atoms with van der Waals surface area (Å²) in [6.45, 7) is 6.13. The summed E-state index contributed by atoms with van der Waals surface area (Å²) < 4.78 is 4.88. The van der Waals surface area contributed by atoms with Gasteiger partial charge in [0.05, 0.1) is 0 Å². The number of ether oxygens (including phenoxy) is 1. The molecule has 0 saturated carbocycles. The van der Waals surface area contributed by atoms with Gasteiger partial charge >= 0.3 is 5.97 Å². The number of rotatable bonds is 7. The fourth-order valence-corrected chi connectivity index (χ4v) is 3.25. The van der Waals surface area contributed by atoms with E-state index in [0.29, 0.717) is 38.5 Å². The van der Waals surface area contributed by atoms with Crippen molar-refractivity contribution in [2.75, 3.05) is 31.1 Å². The SMILES string of the molecule is CC(C)C[C@H](NC(=O)[C@@H]1O[C@H]1C(=O)O)C(=O)N1CCN(c2ncccn2)CC1. The topological polar surface area (TPSA) is 128 Å². The lowest BCUT2D eigenvalue weighted by Gasteiger charge is -2.36. The highest BCUT2D eigenvalue weighted by molar-refractivity contribution is 5.95. The first-order valence-electron chi connectivity index (χ1n) is 9.36.